The summed E-state index contributed by atoms with van der Waals surface area (Å²) >= 11 is 1.39. The van der Waals surface area contributed by atoms with Crippen LogP contribution >= 0.6 is 11.8 Å². The van der Waals surface area contributed by atoms with Crippen molar-refractivity contribution in [2.45, 2.75) is 4.90 Å². The minimum absolute atomic E-state index is 0.122. The van der Waals surface area contributed by atoms with Gasteiger partial charge in [-0.1, -0.05) is 0 Å². The Morgan fingerprint density at radius 3 is 2.05 bits per heavy atom. The molecule has 0 saturated carbocycles. The number of carbonyl (C=O) groups excluding carboxylic acids is 1. The lowest BCUT2D eigenvalue weighted by Crippen LogP contribution is -2.13. The molecule has 0 aliphatic rings. The Bertz CT molecular complexity index is 552. The third-order valence-corrected chi connectivity index (χ3v) is 3.37. The van der Waals surface area contributed by atoms with Gasteiger partial charge in [-0.05, 0) is 48.5 Å². The molecule has 0 fully saturated rings. The van der Waals surface area contributed by atoms with Crippen LogP contribution in [0, 0.1) is 0 Å². The van der Waals surface area contributed by atoms with Gasteiger partial charge in [0.2, 0.25) is 5.91 Å². The highest BCUT2D eigenvalue weighted by atomic mass is 32.2. The van der Waals surface area contributed by atoms with Gasteiger partial charge in [-0.3, -0.25) is 4.79 Å². The monoisotopic (exact) mass is 275 g/mol. The molecule has 5 heteroatoms. The summed E-state index contributed by atoms with van der Waals surface area (Å²) in [6.45, 7) is 0. The normalized spacial score (nSPS) is 10.1. The summed E-state index contributed by atoms with van der Waals surface area (Å²) in [5, 5.41) is 21.0. The van der Waals surface area contributed by atoms with Crippen molar-refractivity contribution in [2.24, 2.45) is 0 Å². The van der Waals surface area contributed by atoms with Gasteiger partial charge >= 0.3 is 0 Å². The van der Waals surface area contributed by atoms with E-state index in [4.69, 9.17) is 10.2 Å². The molecule has 0 aliphatic heterocycles. The first-order valence-electron chi connectivity index (χ1n) is 5.64. The quantitative estimate of drug-likeness (QED) is 0.593. The van der Waals surface area contributed by atoms with Crippen LogP contribution in [0.25, 0.3) is 0 Å². The molecule has 0 aromatic heterocycles. The average molecular weight is 275 g/mol. The Morgan fingerprint density at radius 1 is 0.947 bits per heavy atom. The average Bonchev–Trinajstić information content (AvgIpc) is 2.41. The third-order valence-electron chi connectivity index (χ3n) is 2.36. The van der Waals surface area contributed by atoms with Crippen LogP contribution in [0.5, 0.6) is 11.5 Å². The summed E-state index contributed by atoms with van der Waals surface area (Å²) in [5.41, 5.74) is 0.647. The molecule has 2 rings (SSSR count). The second kappa shape index (κ2) is 6.15. The topological polar surface area (TPSA) is 69.6 Å². The number of hydrogen-bond donors (Lipinski definition) is 3. The summed E-state index contributed by atoms with van der Waals surface area (Å²) in [5.74, 6) is 0.532. The molecule has 0 saturated heterocycles. The van der Waals surface area contributed by atoms with Crippen LogP contribution in [-0.4, -0.2) is 21.9 Å². The van der Waals surface area contributed by atoms with E-state index in [1.165, 1.54) is 23.9 Å². The second-order valence-electron chi connectivity index (χ2n) is 3.88. The number of phenols is 2. The van der Waals surface area contributed by atoms with E-state index in [0.29, 0.717) is 5.69 Å². The van der Waals surface area contributed by atoms with Gasteiger partial charge in [-0.2, -0.15) is 0 Å². The standard InChI is InChI=1S/C14H13NO3S/c16-11-3-1-10(2-4-11)15-14(18)9-19-13-7-5-12(17)6-8-13/h1-8,16-17H,9H2,(H,15,18). The lowest BCUT2D eigenvalue weighted by Gasteiger charge is -2.05. The van der Waals surface area contributed by atoms with Crippen molar-refractivity contribution in [2.75, 3.05) is 11.1 Å². The summed E-state index contributed by atoms with van der Waals surface area (Å²) < 4.78 is 0. The highest BCUT2D eigenvalue weighted by Crippen LogP contribution is 2.21. The highest BCUT2D eigenvalue weighted by molar-refractivity contribution is 8.00. The molecular weight excluding hydrogens is 262 g/mol. The number of rotatable bonds is 4. The first kappa shape index (κ1) is 13.3. The van der Waals surface area contributed by atoms with Crippen LogP contribution in [0.1, 0.15) is 0 Å². The molecule has 19 heavy (non-hydrogen) atoms. The first-order valence-corrected chi connectivity index (χ1v) is 6.63. The van der Waals surface area contributed by atoms with Crippen LogP contribution in [0.4, 0.5) is 5.69 Å². The smallest absolute Gasteiger partial charge is 0.234 e. The number of benzene rings is 2. The molecule has 4 nitrogen and oxygen atoms in total. The lowest BCUT2D eigenvalue weighted by molar-refractivity contribution is -0.113. The zero-order valence-electron chi connectivity index (χ0n) is 10.0. The van der Waals surface area contributed by atoms with Gasteiger partial charge in [0.15, 0.2) is 0 Å². The number of nitrogens with one attached hydrogen (secondary N) is 1. The van der Waals surface area contributed by atoms with Crippen molar-refractivity contribution in [3.05, 3.63) is 48.5 Å². The van der Waals surface area contributed by atoms with Crippen molar-refractivity contribution in [3.8, 4) is 11.5 Å². The van der Waals surface area contributed by atoms with Crippen molar-refractivity contribution in [1.29, 1.82) is 0 Å². The van der Waals surface area contributed by atoms with Gasteiger partial charge in [0, 0.05) is 10.6 Å². The van der Waals surface area contributed by atoms with Crippen molar-refractivity contribution in [1.82, 2.24) is 0 Å². The summed E-state index contributed by atoms with van der Waals surface area (Å²) in [7, 11) is 0. The van der Waals surface area contributed by atoms with Crippen molar-refractivity contribution in [3.63, 3.8) is 0 Å². The van der Waals surface area contributed by atoms with E-state index in [1.54, 1.807) is 36.4 Å². The van der Waals surface area contributed by atoms with E-state index < -0.39 is 0 Å². The number of anilines is 1. The van der Waals surface area contributed by atoms with E-state index in [0.717, 1.165) is 4.90 Å². The number of phenolic OH excluding ortho intramolecular Hbond substituents is 2. The van der Waals surface area contributed by atoms with Crippen LogP contribution in [0.2, 0.25) is 0 Å². The predicted octanol–water partition coefficient (Wildman–Crippen LogP) is 2.83. The Hall–Kier alpha value is -2.14. The fourth-order valence-electron chi connectivity index (χ4n) is 1.43. The van der Waals surface area contributed by atoms with E-state index in [2.05, 4.69) is 5.32 Å². The van der Waals surface area contributed by atoms with Crippen LogP contribution < -0.4 is 5.32 Å². The number of amides is 1. The molecule has 98 valence electrons. The molecule has 0 unspecified atom stereocenters. The summed E-state index contributed by atoms with van der Waals surface area (Å²) in [4.78, 5) is 12.6. The molecule has 0 aliphatic carbocycles. The minimum atomic E-state index is -0.122. The largest absolute Gasteiger partial charge is 0.508 e. The number of carbonyl (C=O) groups is 1. The van der Waals surface area contributed by atoms with Gasteiger partial charge in [0.05, 0.1) is 5.75 Å². The molecule has 2 aromatic carbocycles. The molecule has 0 spiro atoms. The Balaban J connectivity index is 1.84. The summed E-state index contributed by atoms with van der Waals surface area (Å²) in [6, 6.07) is 13.0. The first-order chi connectivity index (χ1) is 9.13. The molecule has 0 heterocycles. The molecule has 0 bridgehead atoms. The van der Waals surface area contributed by atoms with Gasteiger partial charge in [-0.15, -0.1) is 11.8 Å². The van der Waals surface area contributed by atoms with E-state index in [9.17, 15) is 4.79 Å². The Morgan fingerprint density at radius 2 is 1.47 bits per heavy atom. The van der Waals surface area contributed by atoms with Crippen molar-refractivity contribution < 1.29 is 15.0 Å². The number of aromatic hydroxyl groups is 2. The molecule has 0 radical (unpaired) electrons. The van der Waals surface area contributed by atoms with Gasteiger partial charge < -0.3 is 15.5 Å². The minimum Gasteiger partial charge on any atom is -0.508 e. The van der Waals surface area contributed by atoms with Crippen LogP contribution in [-0.2, 0) is 4.79 Å². The van der Waals surface area contributed by atoms with Crippen LogP contribution in [0.15, 0.2) is 53.4 Å². The third kappa shape index (κ3) is 4.22. The number of hydrogen-bond acceptors (Lipinski definition) is 4. The highest BCUT2D eigenvalue weighted by Gasteiger charge is 2.03. The Kier molecular flexibility index (Phi) is 4.30. The molecule has 0 atom stereocenters. The van der Waals surface area contributed by atoms with Gasteiger partial charge in [-0.25, -0.2) is 0 Å². The molecule has 2 aromatic rings. The summed E-state index contributed by atoms with van der Waals surface area (Å²) in [6.07, 6.45) is 0. The van der Waals surface area contributed by atoms with Crippen molar-refractivity contribution >= 4 is 23.4 Å². The number of thioether (sulfide) groups is 1. The second-order valence-corrected chi connectivity index (χ2v) is 4.93. The van der Waals surface area contributed by atoms with E-state index in [1.807, 2.05) is 0 Å². The Labute approximate surface area is 115 Å². The maximum Gasteiger partial charge on any atom is 0.234 e. The fraction of sp³-hybridized carbons (Fsp3) is 0.0714. The van der Waals surface area contributed by atoms with Gasteiger partial charge in [0.1, 0.15) is 11.5 Å². The zero-order valence-corrected chi connectivity index (χ0v) is 10.9. The van der Waals surface area contributed by atoms with E-state index >= 15 is 0 Å². The molecular formula is C14H13NO3S. The molecule has 3 N–H and O–H groups in total. The molecule has 1 amide bonds. The van der Waals surface area contributed by atoms with E-state index in [-0.39, 0.29) is 23.2 Å². The maximum absolute atomic E-state index is 11.7. The zero-order chi connectivity index (χ0) is 13.7. The predicted molar refractivity (Wildman–Crippen MR) is 75.6 cm³/mol. The maximum atomic E-state index is 11.7. The fourth-order valence-corrected chi connectivity index (χ4v) is 2.13. The van der Waals surface area contributed by atoms with Gasteiger partial charge in [0.25, 0.3) is 0 Å². The lowest BCUT2D eigenvalue weighted by atomic mass is 10.3. The SMILES string of the molecule is O=C(CSc1ccc(O)cc1)Nc1ccc(O)cc1. The van der Waals surface area contributed by atoms with Crippen LogP contribution in [0.3, 0.4) is 0 Å².